The van der Waals surface area contributed by atoms with Crippen molar-refractivity contribution in [1.29, 1.82) is 0 Å². The minimum atomic E-state index is -0.488. The molecule has 0 aromatic rings. The van der Waals surface area contributed by atoms with Gasteiger partial charge in [0.15, 0.2) is 0 Å². The third-order valence-electron chi connectivity index (χ3n) is 2.53. The van der Waals surface area contributed by atoms with Gasteiger partial charge in [-0.1, -0.05) is 51.2 Å². The molecular formula is C12H21IS. The van der Waals surface area contributed by atoms with Crippen molar-refractivity contribution in [3.63, 3.8) is 0 Å². The molecule has 0 bridgehead atoms. The van der Waals surface area contributed by atoms with E-state index < -0.39 is 7.20 Å². The van der Waals surface area contributed by atoms with Crippen LogP contribution in [-0.4, -0.2) is 5.75 Å². The fourth-order valence-electron chi connectivity index (χ4n) is 1.64. The van der Waals surface area contributed by atoms with E-state index in [0.717, 1.165) is 0 Å². The van der Waals surface area contributed by atoms with Crippen LogP contribution in [0.4, 0.5) is 0 Å². The highest BCUT2D eigenvalue weighted by molar-refractivity contribution is 14.2. The molecule has 1 aliphatic rings. The number of hydrogen-bond donors (Lipinski definition) is 0. The minimum absolute atomic E-state index is 0.488. The van der Waals surface area contributed by atoms with Gasteiger partial charge in [-0.05, 0) is 44.2 Å². The molecule has 2 heteroatoms. The molecule has 1 aliphatic heterocycles. The zero-order chi connectivity index (χ0) is 10.3. The van der Waals surface area contributed by atoms with Crippen molar-refractivity contribution in [3.8, 4) is 0 Å². The van der Waals surface area contributed by atoms with Gasteiger partial charge in [-0.2, -0.15) is 0 Å². The second kappa shape index (κ2) is 6.94. The van der Waals surface area contributed by atoms with Gasteiger partial charge < -0.3 is 0 Å². The highest BCUT2D eigenvalue weighted by Gasteiger charge is 2.14. The number of unbranched alkanes of at least 4 members (excludes halogenated alkanes) is 5. The summed E-state index contributed by atoms with van der Waals surface area (Å²) in [5.41, 5.74) is 0. The number of hydrogen-bond acceptors (Lipinski definition) is 0. The van der Waals surface area contributed by atoms with Crippen molar-refractivity contribution in [2.24, 2.45) is 0 Å². The summed E-state index contributed by atoms with van der Waals surface area (Å²) < 4.78 is 0. The highest BCUT2D eigenvalue weighted by atomic mass is 127. The zero-order valence-corrected chi connectivity index (χ0v) is 12.0. The van der Waals surface area contributed by atoms with Gasteiger partial charge in [-0.3, -0.25) is 0 Å². The summed E-state index contributed by atoms with van der Waals surface area (Å²) in [4.78, 5) is 0. The molecule has 0 saturated carbocycles. The fraction of sp³-hybridized carbons (Fsp3) is 0.667. The summed E-state index contributed by atoms with van der Waals surface area (Å²) in [6.07, 6.45) is 12.9. The quantitative estimate of drug-likeness (QED) is 0.426. The van der Waals surface area contributed by atoms with Gasteiger partial charge in [0.05, 0.1) is 0 Å². The van der Waals surface area contributed by atoms with Crippen LogP contribution in [0.25, 0.3) is 0 Å². The first-order chi connectivity index (χ1) is 6.77. The third-order valence-corrected chi connectivity index (χ3v) is 7.75. The Bertz CT molecular complexity index is 196. The molecule has 1 rings (SSSR count). The SMILES string of the molecule is CCCCCCCCS1(I)C=CC=C1. The van der Waals surface area contributed by atoms with E-state index in [0.29, 0.717) is 0 Å². The molecule has 0 aromatic heterocycles. The van der Waals surface area contributed by atoms with Crippen molar-refractivity contribution >= 4 is 28.4 Å². The Morgan fingerprint density at radius 2 is 1.50 bits per heavy atom. The third kappa shape index (κ3) is 4.87. The summed E-state index contributed by atoms with van der Waals surface area (Å²) in [7, 11) is -0.488. The molecule has 0 nitrogen and oxygen atoms in total. The van der Waals surface area contributed by atoms with E-state index in [1.54, 1.807) is 0 Å². The Kier molecular flexibility index (Phi) is 6.26. The average molecular weight is 324 g/mol. The van der Waals surface area contributed by atoms with E-state index >= 15 is 0 Å². The van der Waals surface area contributed by atoms with Gasteiger partial charge in [0.1, 0.15) is 0 Å². The Labute approximate surface area is 102 Å². The Morgan fingerprint density at radius 3 is 2.14 bits per heavy atom. The largest absolute Gasteiger partial charge is 0.147 e. The number of halogens is 1. The van der Waals surface area contributed by atoms with Gasteiger partial charge in [0.25, 0.3) is 0 Å². The van der Waals surface area contributed by atoms with Crippen LogP contribution in [0.15, 0.2) is 23.0 Å². The first-order valence-corrected chi connectivity index (χ1v) is 10.1. The van der Waals surface area contributed by atoms with Crippen LogP contribution < -0.4 is 0 Å². The van der Waals surface area contributed by atoms with Crippen molar-refractivity contribution < 1.29 is 0 Å². The molecule has 0 atom stereocenters. The number of allylic oxidation sites excluding steroid dienone is 2. The lowest BCUT2D eigenvalue weighted by atomic mass is 10.1. The van der Waals surface area contributed by atoms with E-state index in [1.807, 2.05) is 0 Å². The van der Waals surface area contributed by atoms with Crippen LogP contribution in [0, 0.1) is 0 Å². The van der Waals surface area contributed by atoms with Gasteiger partial charge in [-0.25, -0.2) is 0 Å². The standard InChI is InChI=1S/C12H21IS/c1-2-3-4-5-6-7-10-14(13)11-8-9-12-14/h8-9,11-12H,2-7,10H2,1H3. The second-order valence-electron chi connectivity index (χ2n) is 3.89. The Morgan fingerprint density at radius 1 is 0.929 bits per heavy atom. The van der Waals surface area contributed by atoms with E-state index in [-0.39, 0.29) is 0 Å². The summed E-state index contributed by atoms with van der Waals surface area (Å²) in [6.45, 7) is 2.28. The lowest BCUT2D eigenvalue weighted by Crippen LogP contribution is -1.89. The molecule has 14 heavy (non-hydrogen) atoms. The van der Waals surface area contributed by atoms with Crippen LogP contribution in [0.5, 0.6) is 0 Å². The van der Waals surface area contributed by atoms with Crippen molar-refractivity contribution in [1.82, 2.24) is 0 Å². The maximum Gasteiger partial charge on any atom is -0.00729 e. The monoisotopic (exact) mass is 324 g/mol. The Hall–Kier alpha value is 0.560. The maximum absolute atomic E-state index is 2.64. The molecule has 82 valence electrons. The molecule has 0 unspecified atom stereocenters. The predicted molar refractivity (Wildman–Crippen MR) is 78.1 cm³/mol. The number of rotatable bonds is 7. The van der Waals surface area contributed by atoms with Crippen molar-refractivity contribution in [2.75, 3.05) is 5.75 Å². The lowest BCUT2D eigenvalue weighted by Gasteiger charge is -2.22. The first-order valence-electron chi connectivity index (χ1n) is 5.62. The molecule has 1 heterocycles. The molecule has 0 radical (unpaired) electrons. The fourth-order valence-corrected chi connectivity index (χ4v) is 5.30. The van der Waals surface area contributed by atoms with Gasteiger partial charge in [0, 0.05) is 0 Å². The smallest absolute Gasteiger partial charge is 0.00729 e. The minimum Gasteiger partial charge on any atom is -0.147 e. The molecular weight excluding hydrogens is 303 g/mol. The summed E-state index contributed by atoms with van der Waals surface area (Å²) in [5, 5.41) is 4.80. The van der Waals surface area contributed by atoms with Crippen LogP contribution in [0.3, 0.4) is 0 Å². The summed E-state index contributed by atoms with van der Waals surface area (Å²) in [6, 6.07) is 0. The molecule has 0 saturated heterocycles. The first kappa shape index (κ1) is 12.6. The summed E-state index contributed by atoms with van der Waals surface area (Å²) in [5.74, 6) is 1.40. The molecule has 0 N–H and O–H groups in total. The van der Waals surface area contributed by atoms with E-state index in [4.69, 9.17) is 0 Å². The van der Waals surface area contributed by atoms with E-state index in [1.165, 1.54) is 44.3 Å². The normalized spacial score (nSPS) is 20.1. The van der Waals surface area contributed by atoms with Crippen molar-refractivity contribution in [3.05, 3.63) is 23.0 Å². The highest BCUT2D eigenvalue weighted by Crippen LogP contribution is 2.61. The van der Waals surface area contributed by atoms with E-state index in [9.17, 15) is 0 Å². The summed E-state index contributed by atoms with van der Waals surface area (Å²) >= 11 is 2.64. The maximum atomic E-state index is 2.64. The second-order valence-corrected chi connectivity index (χ2v) is 11.3. The van der Waals surface area contributed by atoms with Crippen LogP contribution in [0.2, 0.25) is 0 Å². The molecule has 0 fully saturated rings. The van der Waals surface area contributed by atoms with Crippen molar-refractivity contribution in [2.45, 2.75) is 45.4 Å². The van der Waals surface area contributed by atoms with E-state index in [2.05, 4.69) is 51.1 Å². The Balaban J connectivity index is 1.99. The van der Waals surface area contributed by atoms with Crippen LogP contribution in [-0.2, 0) is 0 Å². The lowest BCUT2D eigenvalue weighted by molar-refractivity contribution is 0.627. The topological polar surface area (TPSA) is 0 Å². The van der Waals surface area contributed by atoms with Crippen LogP contribution >= 0.6 is 28.4 Å². The molecule has 0 aliphatic carbocycles. The molecule has 0 spiro atoms. The average Bonchev–Trinajstić information content (AvgIpc) is 2.59. The van der Waals surface area contributed by atoms with Gasteiger partial charge >= 0.3 is 0 Å². The predicted octanol–water partition coefficient (Wildman–Crippen LogP) is 5.54. The van der Waals surface area contributed by atoms with Crippen LogP contribution in [0.1, 0.15) is 45.4 Å². The van der Waals surface area contributed by atoms with Gasteiger partial charge in [-0.15, -0.1) is 7.20 Å². The molecule has 0 amide bonds. The molecule has 0 aromatic carbocycles. The zero-order valence-electron chi connectivity index (χ0n) is 9.05. The van der Waals surface area contributed by atoms with Gasteiger partial charge in [0.2, 0.25) is 0 Å².